The molecule has 10 heteroatoms. The van der Waals surface area contributed by atoms with E-state index in [1.807, 2.05) is 24.3 Å². The third-order valence-corrected chi connectivity index (χ3v) is 5.87. The van der Waals surface area contributed by atoms with E-state index in [-0.39, 0.29) is 12.4 Å². The number of nitrogens with zero attached hydrogens (tertiary/aromatic N) is 2. The summed E-state index contributed by atoms with van der Waals surface area (Å²) in [4.78, 5) is 29.6. The van der Waals surface area contributed by atoms with E-state index >= 15 is 0 Å². The first-order valence-corrected chi connectivity index (χ1v) is 11.2. The number of carbonyl (C=O) groups is 2. The minimum absolute atomic E-state index is 0.0896. The number of anilines is 2. The second-order valence-electron chi connectivity index (χ2n) is 8.26. The molecule has 0 radical (unpaired) electrons. The summed E-state index contributed by atoms with van der Waals surface area (Å²) in [5, 5.41) is 20.6. The second kappa shape index (κ2) is 10.7. The number of aliphatic hydroxyl groups is 1. The van der Waals surface area contributed by atoms with Crippen LogP contribution in [0.2, 0.25) is 0 Å². The molecule has 0 spiro atoms. The van der Waals surface area contributed by atoms with Crippen LogP contribution in [0.5, 0.6) is 0 Å². The van der Waals surface area contributed by atoms with E-state index in [2.05, 4.69) is 10.2 Å². The Morgan fingerprint density at radius 3 is 2.59 bits per heavy atom. The quantitative estimate of drug-likeness (QED) is 0.344. The molecule has 2 aliphatic heterocycles. The number of aliphatic hydroxyl groups excluding tert-OH is 1. The molecule has 0 aromatic heterocycles. The molecule has 180 valence electrons. The molecular formula is C24H29N5O5. The number of ether oxygens (including phenoxy) is 2. The summed E-state index contributed by atoms with van der Waals surface area (Å²) in [6.45, 7) is 4.43. The fourth-order valence-electron chi connectivity index (χ4n) is 4.02. The lowest BCUT2D eigenvalue weighted by Crippen LogP contribution is -2.55. The molecule has 2 fully saturated rings. The maximum absolute atomic E-state index is 13.1. The highest BCUT2D eigenvalue weighted by molar-refractivity contribution is 6.04. The Hall–Kier alpha value is -3.31. The highest BCUT2D eigenvalue weighted by Crippen LogP contribution is 2.23. The molecule has 2 saturated heterocycles. The Kier molecular flexibility index (Phi) is 7.53. The molecule has 0 aliphatic carbocycles. The predicted molar refractivity (Wildman–Crippen MR) is 127 cm³/mol. The summed E-state index contributed by atoms with van der Waals surface area (Å²) in [6, 6.07) is 14.0. The standard InChI is InChI=1S/C24H29N5O5/c25-22(26)17-4-6-18(7-5-17)27-23(31)20(30)21-24(32)29(10-13-34-21)19-3-1-2-16(14-19)15-28-8-11-33-12-9-28/h1-7,14,20-21,30H,8-13,15H2,(H3,25,26)(H,27,31)/t20-,21-/m1/s1. The molecular weight excluding hydrogens is 438 g/mol. The minimum atomic E-state index is -1.68. The van der Waals surface area contributed by atoms with Crippen molar-refractivity contribution in [3.8, 4) is 0 Å². The van der Waals surface area contributed by atoms with Crippen LogP contribution in [-0.2, 0) is 25.6 Å². The number of amidine groups is 1. The maximum Gasteiger partial charge on any atom is 0.259 e. The van der Waals surface area contributed by atoms with Gasteiger partial charge in [0, 0.05) is 43.1 Å². The number of nitrogens with two attached hydrogens (primary N) is 1. The van der Waals surface area contributed by atoms with E-state index in [1.54, 1.807) is 29.2 Å². The molecule has 5 N–H and O–H groups in total. The number of nitrogen functional groups attached to an aromatic ring is 1. The first-order chi connectivity index (χ1) is 16.4. The van der Waals surface area contributed by atoms with Crippen LogP contribution in [0.25, 0.3) is 0 Å². The lowest BCUT2D eigenvalue weighted by molar-refractivity contribution is -0.150. The highest BCUT2D eigenvalue weighted by atomic mass is 16.5. The number of carbonyl (C=O) groups excluding carboxylic acids is 2. The van der Waals surface area contributed by atoms with Crippen LogP contribution in [0.3, 0.4) is 0 Å². The van der Waals surface area contributed by atoms with Crippen molar-refractivity contribution < 1.29 is 24.2 Å². The van der Waals surface area contributed by atoms with Gasteiger partial charge >= 0.3 is 0 Å². The van der Waals surface area contributed by atoms with E-state index in [0.717, 1.165) is 25.2 Å². The van der Waals surface area contributed by atoms with Crippen LogP contribution in [0.15, 0.2) is 48.5 Å². The lowest BCUT2D eigenvalue weighted by atomic mass is 10.1. The van der Waals surface area contributed by atoms with Gasteiger partial charge in [0.15, 0.2) is 12.2 Å². The molecule has 2 heterocycles. The average Bonchev–Trinajstić information content (AvgIpc) is 2.85. The van der Waals surface area contributed by atoms with Gasteiger partial charge in [0.25, 0.3) is 11.8 Å². The number of hydrogen-bond donors (Lipinski definition) is 4. The molecule has 0 bridgehead atoms. The molecule has 2 aliphatic rings. The zero-order chi connectivity index (χ0) is 24.1. The number of nitrogens with one attached hydrogen (secondary N) is 2. The van der Waals surface area contributed by atoms with Gasteiger partial charge in [-0.1, -0.05) is 12.1 Å². The normalized spacial score (nSPS) is 20.1. The van der Waals surface area contributed by atoms with Crippen molar-refractivity contribution in [2.45, 2.75) is 18.8 Å². The van der Waals surface area contributed by atoms with Crippen LogP contribution in [0.4, 0.5) is 11.4 Å². The first-order valence-electron chi connectivity index (χ1n) is 11.2. The monoisotopic (exact) mass is 467 g/mol. The minimum Gasteiger partial charge on any atom is -0.384 e. The van der Waals surface area contributed by atoms with Crippen molar-refractivity contribution in [1.29, 1.82) is 5.41 Å². The molecule has 4 rings (SSSR count). The maximum atomic E-state index is 13.1. The summed E-state index contributed by atoms with van der Waals surface area (Å²) in [6.07, 6.45) is -2.99. The summed E-state index contributed by atoms with van der Waals surface area (Å²) in [7, 11) is 0. The molecule has 2 aromatic carbocycles. The van der Waals surface area contributed by atoms with Crippen LogP contribution < -0.4 is 16.0 Å². The van der Waals surface area contributed by atoms with Crippen molar-refractivity contribution in [2.75, 3.05) is 49.7 Å². The van der Waals surface area contributed by atoms with Gasteiger partial charge in [0.2, 0.25) is 0 Å². The van der Waals surface area contributed by atoms with Crippen molar-refractivity contribution in [3.63, 3.8) is 0 Å². The fraction of sp³-hybridized carbons (Fsp3) is 0.375. The van der Waals surface area contributed by atoms with Gasteiger partial charge in [-0.25, -0.2) is 0 Å². The topological polar surface area (TPSA) is 141 Å². The van der Waals surface area contributed by atoms with Gasteiger partial charge < -0.3 is 30.5 Å². The van der Waals surface area contributed by atoms with Gasteiger partial charge in [0.1, 0.15) is 5.84 Å². The Morgan fingerprint density at radius 1 is 1.15 bits per heavy atom. The molecule has 2 aromatic rings. The Labute approximate surface area is 197 Å². The summed E-state index contributed by atoms with van der Waals surface area (Å²) < 4.78 is 10.9. The zero-order valence-corrected chi connectivity index (χ0v) is 18.8. The first kappa shape index (κ1) is 23.8. The van der Waals surface area contributed by atoms with E-state index in [1.165, 1.54) is 0 Å². The number of amides is 2. The van der Waals surface area contributed by atoms with Crippen molar-refractivity contribution in [3.05, 3.63) is 59.7 Å². The van der Waals surface area contributed by atoms with Gasteiger partial charge in [0.05, 0.1) is 19.8 Å². The van der Waals surface area contributed by atoms with Crippen LogP contribution >= 0.6 is 0 Å². The Bertz CT molecular complexity index is 1040. The van der Waals surface area contributed by atoms with E-state index in [4.69, 9.17) is 20.6 Å². The summed E-state index contributed by atoms with van der Waals surface area (Å²) >= 11 is 0. The predicted octanol–water partition coefficient (Wildman–Crippen LogP) is 0.534. The van der Waals surface area contributed by atoms with Crippen LogP contribution in [-0.4, -0.2) is 79.3 Å². The molecule has 34 heavy (non-hydrogen) atoms. The molecule has 0 unspecified atom stereocenters. The smallest absolute Gasteiger partial charge is 0.259 e. The van der Waals surface area contributed by atoms with Crippen molar-refractivity contribution >= 4 is 29.0 Å². The van der Waals surface area contributed by atoms with Crippen LogP contribution in [0, 0.1) is 5.41 Å². The largest absolute Gasteiger partial charge is 0.384 e. The van der Waals surface area contributed by atoms with Crippen molar-refractivity contribution in [1.82, 2.24) is 4.90 Å². The zero-order valence-electron chi connectivity index (χ0n) is 18.8. The highest BCUT2D eigenvalue weighted by Gasteiger charge is 2.39. The number of hydrogen-bond acceptors (Lipinski definition) is 7. The number of rotatable bonds is 7. The SMILES string of the molecule is N=C(N)c1ccc(NC(=O)[C@H](O)[C@H]2OCCN(c3cccc(CN4CCOCC4)c3)C2=O)cc1. The number of morpholine rings is 2. The molecule has 0 saturated carbocycles. The Balaban J connectivity index is 1.41. The van der Waals surface area contributed by atoms with E-state index < -0.39 is 24.0 Å². The second-order valence-corrected chi connectivity index (χ2v) is 8.26. The average molecular weight is 468 g/mol. The number of benzene rings is 2. The van der Waals surface area contributed by atoms with Gasteiger partial charge in [-0.05, 0) is 42.0 Å². The summed E-state index contributed by atoms with van der Waals surface area (Å²) in [5.41, 5.74) is 8.13. The molecule has 2 atom stereocenters. The van der Waals surface area contributed by atoms with Crippen molar-refractivity contribution in [2.24, 2.45) is 5.73 Å². The summed E-state index contributed by atoms with van der Waals surface area (Å²) in [5.74, 6) is -1.31. The third kappa shape index (κ3) is 5.60. The van der Waals surface area contributed by atoms with Gasteiger partial charge in [-0.15, -0.1) is 0 Å². The van der Waals surface area contributed by atoms with Gasteiger partial charge in [-0.2, -0.15) is 0 Å². The van der Waals surface area contributed by atoms with E-state index in [0.29, 0.717) is 36.7 Å². The van der Waals surface area contributed by atoms with Crippen LogP contribution in [0.1, 0.15) is 11.1 Å². The third-order valence-electron chi connectivity index (χ3n) is 5.87. The fourth-order valence-corrected chi connectivity index (χ4v) is 4.02. The van der Waals surface area contributed by atoms with E-state index in [9.17, 15) is 14.7 Å². The Morgan fingerprint density at radius 2 is 1.88 bits per heavy atom. The molecule has 2 amide bonds. The lowest BCUT2D eigenvalue weighted by Gasteiger charge is -2.34. The van der Waals surface area contributed by atoms with Gasteiger partial charge in [-0.3, -0.25) is 19.9 Å². The molecule has 10 nitrogen and oxygen atoms in total.